The van der Waals surface area contributed by atoms with Gasteiger partial charge in [0.1, 0.15) is 12.4 Å². The van der Waals surface area contributed by atoms with Crippen LogP contribution >= 0.6 is 0 Å². The molecule has 5 nitrogen and oxygen atoms in total. The largest absolute Gasteiger partial charge is 0.492 e. The molecule has 1 aromatic carbocycles. The molecule has 0 aliphatic carbocycles. The van der Waals surface area contributed by atoms with Gasteiger partial charge in [-0.3, -0.25) is 14.5 Å². The second-order valence-corrected chi connectivity index (χ2v) is 4.97. The smallest absolute Gasteiger partial charge is 0.229 e. The third kappa shape index (κ3) is 4.32. The number of nitriles is 1. The standard InChI is InChI=1S/C16H18N2O3/c17-10-9-13-5-7-14(8-6-13)21-12-11-18-15(19)3-1-2-4-16(18)20/h5-8H,1-4,9,11-12H2. The zero-order chi connectivity index (χ0) is 15.1. The Kier molecular flexibility index (Phi) is 5.33. The van der Waals surface area contributed by atoms with Crippen LogP contribution in [0, 0.1) is 11.3 Å². The van der Waals surface area contributed by atoms with E-state index in [1.165, 1.54) is 4.90 Å². The molecule has 1 aromatic rings. The fraction of sp³-hybridized carbons (Fsp3) is 0.438. The molecule has 1 aliphatic rings. The maximum absolute atomic E-state index is 11.8. The number of likely N-dealkylation sites (tertiary alicyclic amines) is 1. The second kappa shape index (κ2) is 7.44. The molecule has 0 atom stereocenters. The molecule has 1 fully saturated rings. The molecule has 0 radical (unpaired) electrons. The molecule has 2 amide bonds. The highest BCUT2D eigenvalue weighted by Gasteiger charge is 2.23. The predicted molar refractivity (Wildman–Crippen MR) is 76.4 cm³/mol. The van der Waals surface area contributed by atoms with Gasteiger partial charge in [0.25, 0.3) is 0 Å². The van der Waals surface area contributed by atoms with Crippen molar-refractivity contribution < 1.29 is 14.3 Å². The fourth-order valence-corrected chi connectivity index (χ4v) is 2.26. The Morgan fingerprint density at radius 3 is 2.29 bits per heavy atom. The lowest BCUT2D eigenvalue weighted by Gasteiger charge is -2.18. The highest BCUT2D eigenvalue weighted by Crippen LogP contribution is 2.14. The molecule has 110 valence electrons. The molecule has 0 N–H and O–H groups in total. The lowest BCUT2D eigenvalue weighted by atomic mass is 10.2. The minimum Gasteiger partial charge on any atom is -0.492 e. The summed E-state index contributed by atoms with van der Waals surface area (Å²) >= 11 is 0. The summed E-state index contributed by atoms with van der Waals surface area (Å²) < 4.78 is 5.55. The summed E-state index contributed by atoms with van der Waals surface area (Å²) in [5, 5.41) is 8.60. The molecule has 1 heterocycles. The van der Waals surface area contributed by atoms with Crippen molar-refractivity contribution in [1.29, 1.82) is 5.26 Å². The minimum absolute atomic E-state index is 0.106. The van der Waals surface area contributed by atoms with Crippen molar-refractivity contribution in [2.75, 3.05) is 13.2 Å². The Hall–Kier alpha value is -2.35. The van der Waals surface area contributed by atoms with Crippen LogP contribution in [-0.2, 0) is 16.0 Å². The number of hydrogen-bond donors (Lipinski definition) is 0. The summed E-state index contributed by atoms with van der Waals surface area (Å²) in [5.74, 6) is 0.461. The second-order valence-electron chi connectivity index (χ2n) is 4.97. The average molecular weight is 286 g/mol. The number of hydrogen-bond acceptors (Lipinski definition) is 4. The van der Waals surface area contributed by atoms with Gasteiger partial charge in [0, 0.05) is 12.8 Å². The summed E-state index contributed by atoms with van der Waals surface area (Å²) in [6, 6.07) is 9.33. The summed E-state index contributed by atoms with van der Waals surface area (Å²) in [6.07, 6.45) is 2.81. The van der Waals surface area contributed by atoms with Crippen molar-refractivity contribution in [2.45, 2.75) is 32.1 Å². The van der Waals surface area contributed by atoms with Crippen LogP contribution in [0.25, 0.3) is 0 Å². The molecule has 5 heteroatoms. The van der Waals surface area contributed by atoms with Crippen LogP contribution in [0.2, 0.25) is 0 Å². The average Bonchev–Trinajstić information content (AvgIpc) is 2.64. The lowest BCUT2D eigenvalue weighted by Crippen LogP contribution is -2.38. The predicted octanol–water partition coefficient (Wildman–Crippen LogP) is 2.06. The summed E-state index contributed by atoms with van der Waals surface area (Å²) in [4.78, 5) is 24.9. The Labute approximate surface area is 124 Å². The van der Waals surface area contributed by atoms with Crippen molar-refractivity contribution in [2.24, 2.45) is 0 Å². The molecule has 0 unspecified atom stereocenters. The van der Waals surface area contributed by atoms with Gasteiger partial charge in [-0.25, -0.2) is 0 Å². The van der Waals surface area contributed by atoms with E-state index in [0.29, 0.717) is 25.0 Å². The number of amides is 2. The zero-order valence-corrected chi connectivity index (χ0v) is 11.9. The van der Waals surface area contributed by atoms with Gasteiger partial charge < -0.3 is 4.74 Å². The number of ether oxygens (including phenoxy) is 1. The van der Waals surface area contributed by atoms with E-state index in [9.17, 15) is 9.59 Å². The van der Waals surface area contributed by atoms with Crippen LogP contribution in [-0.4, -0.2) is 29.9 Å². The van der Waals surface area contributed by atoms with E-state index in [1.807, 2.05) is 12.1 Å². The summed E-state index contributed by atoms with van der Waals surface area (Å²) in [7, 11) is 0. The molecule has 2 rings (SSSR count). The van der Waals surface area contributed by atoms with E-state index in [4.69, 9.17) is 10.00 Å². The fourth-order valence-electron chi connectivity index (χ4n) is 2.26. The first kappa shape index (κ1) is 15.0. The molecular weight excluding hydrogens is 268 g/mol. The molecule has 0 bridgehead atoms. The molecule has 0 spiro atoms. The van der Waals surface area contributed by atoms with Gasteiger partial charge in [0.05, 0.1) is 19.0 Å². The normalized spacial score (nSPS) is 15.5. The van der Waals surface area contributed by atoms with E-state index < -0.39 is 0 Å². The number of imide groups is 1. The Balaban J connectivity index is 1.84. The third-order valence-corrected chi connectivity index (χ3v) is 3.42. The van der Waals surface area contributed by atoms with Crippen molar-refractivity contribution in [3.63, 3.8) is 0 Å². The SMILES string of the molecule is N#CCc1ccc(OCCN2C(=O)CCCCC2=O)cc1. The number of carbonyl (C=O) groups excluding carboxylic acids is 2. The Bertz CT molecular complexity index is 528. The molecule has 0 aromatic heterocycles. The summed E-state index contributed by atoms with van der Waals surface area (Å²) in [6.45, 7) is 0.576. The van der Waals surface area contributed by atoms with Gasteiger partial charge >= 0.3 is 0 Å². The number of rotatable bonds is 5. The molecule has 1 saturated heterocycles. The van der Waals surface area contributed by atoms with Gasteiger partial charge in [-0.15, -0.1) is 0 Å². The van der Waals surface area contributed by atoms with Gasteiger partial charge in [-0.05, 0) is 30.5 Å². The monoisotopic (exact) mass is 286 g/mol. The molecule has 0 saturated carbocycles. The Morgan fingerprint density at radius 1 is 1.10 bits per heavy atom. The number of carbonyl (C=O) groups is 2. The van der Waals surface area contributed by atoms with Crippen molar-refractivity contribution in [1.82, 2.24) is 4.90 Å². The molecule has 21 heavy (non-hydrogen) atoms. The quantitative estimate of drug-likeness (QED) is 0.777. The topological polar surface area (TPSA) is 70.4 Å². The van der Waals surface area contributed by atoms with Gasteiger partial charge in [0.2, 0.25) is 11.8 Å². The summed E-state index contributed by atoms with van der Waals surface area (Å²) in [5.41, 5.74) is 0.933. The van der Waals surface area contributed by atoms with Crippen LogP contribution in [0.1, 0.15) is 31.2 Å². The van der Waals surface area contributed by atoms with Crippen molar-refractivity contribution in [3.05, 3.63) is 29.8 Å². The van der Waals surface area contributed by atoms with Gasteiger partial charge in [-0.1, -0.05) is 12.1 Å². The Morgan fingerprint density at radius 2 is 1.71 bits per heavy atom. The van der Waals surface area contributed by atoms with Crippen molar-refractivity contribution in [3.8, 4) is 11.8 Å². The first-order valence-corrected chi connectivity index (χ1v) is 7.12. The van der Waals surface area contributed by atoms with Crippen LogP contribution in [0.15, 0.2) is 24.3 Å². The first-order chi connectivity index (χ1) is 10.2. The van der Waals surface area contributed by atoms with Crippen LogP contribution in [0.4, 0.5) is 0 Å². The minimum atomic E-state index is -0.106. The highest BCUT2D eigenvalue weighted by molar-refractivity contribution is 5.95. The molecule has 1 aliphatic heterocycles. The third-order valence-electron chi connectivity index (χ3n) is 3.42. The van der Waals surface area contributed by atoms with Gasteiger partial charge in [-0.2, -0.15) is 5.26 Å². The van der Waals surface area contributed by atoms with E-state index in [1.54, 1.807) is 12.1 Å². The van der Waals surface area contributed by atoms with Crippen LogP contribution < -0.4 is 4.74 Å². The van der Waals surface area contributed by atoms with E-state index in [-0.39, 0.29) is 25.0 Å². The van der Waals surface area contributed by atoms with E-state index in [0.717, 1.165) is 18.4 Å². The maximum Gasteiger partial charge on any atom is 0.229 e. The molecular formula is C16H18N2O3. The van der Waals surface area contributed by atoms with Gasteiger partial charge in [0.15, 0.2) is 0 Å². The van der Waals surface area contributed by atoms with Crippen LogP contribution in [0.5, 0.6) is 5.75 Å². The number of nitrogens with zero attached hydrogens (tertiary/aromatic N) is 2. The van der Waals surface area contributed by atoms with Crippen molar-refractivity contribution >= 4 is 11.8 Å². The number of benzene rings is 1. The first-order valence-electron chi connectivity index (χ1n) is 7.12. The maximum atomic E-state index is 11.8. The highest BCUT2D eigenvalue weighted by atomic mass is 16.5. The zero-order valence-electron chi connectivity index (χ0n) is 11.9. The van der Waals surface area contributed by atoms with E-state index >= 15 is 0 Å². The van der Waals surface area contributed by atoms with E-state index in [2.05, 4.69) is 6.07 Å². The van der Waals surface area contributed by atoms with Crippen LogP contribution in [0.3, 0.4) is 0 Å². The lowest BCUT2D eigenvalue weighted by molar-refractivity contribution is -0.144.